The second-order valence-corrected chi connectivity index (χ2v) is 8.46. The third kappa shape index (κ3) is 6.07. The van der Waals surface area contributed by atoms with Gasteiger partial charge in [0.2, 0.25) is 11.8 Å². The van der Waals surface area contributed by atoms with E-state index in [1.165, 1.54) is 18.2 Å². The quantitative estimate of drug-likeness (QED) is 0.668. The summed E-state index contributed by atoms with van der Waals surface area (Å²) in [5.41, 5.74) is 0.355. The number of morpholine rings is 1. The Morgan fingerprint density at radius 1 is 0.939 bits per heavy atom. The van der Waals surface area contributed by atoms with E-state index in [-0.39, 0.29) is 42.5 Å². The van der Waals surface area contributed by atoms with Crippen molar-refractivity contribution in [3.05, 3.63) is 65.7 Å². The molecule has 2 heterocycles. The van der Waals surface area contributed by atoms with Crippen LogP contribution in [0.2, 0.25) is 0 Å². The smallest absolute Gasteiger partial charge is 0.227 e. The van der Waals surface area contributed by atoms with Crippen LogP contribution in [0.25, 0.3) is 0 Å². The molecule has 0 radical (unpaired) electrons. The minimum atomic E-state index is -0.403. The number of ether oxygens (including phenoxy) is 2. The van der Waals surface area contributed by atoms with Gasteiger partial charge in [0.25, 0.3) is 0 Å². The van der Waals surface area contributed by atoms with E-state index in [2.05, 4.69) is 0 Å². The van der Waals surface area contributed by atoms with Gasteiger partial charge < -0.3 is 19.3 Å². The summed E-state index contributed by atoms with van der Waals surface area (Å²) in [4.78, 5) is 29.3. The first-order valence-electron chi connectivity index (χ1n) is 11.3. The minimum absolute atomic E-state index is 0.000547. The maximum absolute atomic E-state index is 14.0. The number of carbonyl (C=O) groups is 2. The van der Waals surface area contributed by atoms with E-state index < -0.39 is 5.82 Å². The highest BCUT2D eigenvalue weighted by molar-refractivity contribution is 5.79. The standard InChI is InChI=1S/C25H28F2N2O4/c26-20-5-7-21(8-6-20)33-23-9-10-29(25(31)15-18-3-1-2-4-22(18)27)17-19(23)16-24(30)28-11-13-32-14-12-28/h1-8,19,23H,9-17H2/t19-,23-/m0/s1. The molecule has 2 aromatic carbocycles. The van der Waals surface area contributed by atoms with Crippen molar-refractivity contribution in [2.24, 2.45) is 5.92 Å². The van der Waals surface area contributed by atoms with Gasteiger partial charge in [-0.05, 0) is 35.9 Å². The topological polar surface area (TPSA) is 59.1 Å². The molecule has 33 heavy (non-hydrogen) atoms. The zero-order valence-electron chi connectivity index (χ0n) is 18.4. The molecule has 2 aromatic rings. The number of amides is 2. The van der Waals surface area contributed by atoms with Gasteiger partial charge in [0.15, 0.2) is 0 Å². The molecule has 0 bridgehead atoms. The highest BCUT2D eigenvalue weighted by atomic mass is 19.1. The number of halogens is 2. The molecule has 0 unspecified atom stereocenters. The lowest BCUT2D eigenvalue weighted by Gasteiger charge is -2.39. The number of hydrogen-bond acceptors (Lipinski definition) is 4. The van der Waals surface area contributed by atoms with E-state index in [9.17, 15) is 18.4 Å². The van der Waals surface area contributed by atoms with Crippen LogP contribution < -0.4 is 4.74 Å². The molecule has 2 aliphatic rings. The number of benzene rings is 2. The van der Waals surface area contributed by atoms with Gasteiger partial charge in [-0.25, -0.2) is 8.78 Å². The molecule has 0 spiro atoms. The van der Waals surface area contributed by atoms with Crippen molar-refractivity contribution in [1.82, 2.24) is 9.80 Å². The minimum Gasteiger partial charge on any atom is -0.490 e. The van der Waals surface area contributed by atoms with Crippen molar-refractivity contribution in [2.75, 3.05) is 39.4 Å². The van der Waals surface area contributed by atoms with Crippen LogP contribution in [0.1, 0.15) is 18.4 Å². The van der Waals surface area contributed by atoms with Gasteiger partial charge in [-0.15, -0.1) is 0 Å². The van der Waals surface area contributed by atoms with Gasteiger partial charge in [0.05, 0.1) is 19.6 Å². The highest BCUT2D eigenvalue weighted by Crippen LogP contribution is 2.27. The van der Waals surface area contributed by atoms with Crippen molar-refractivity contribution < 1.29 is 27.8 Å². The molecule has 0 aromatic heterocycles. The van der Waals surface area contributed by atoms with Crippen molar-refractivity contribution in [3.63, 3.8) is 0 Å². The SMILES string of the molecule is O=C(C[C@H]1CN(C(=O)Cc2ccccc2F)CC[C@@H]1Oc1ccc(F)cc1)N1CCOCC1. The molecule has 0 aliphatic carbocycles. The first-order chi connectivity index (χ1) is 16.0. The fourth-order valence-electron chi connectivity index (χ4n) is 4.36. The monoisotopic (exact) mass is 458 g/mol. The summed E-state index contributed by atoms with van der Waals surface area (Å²) >= 11 is 0. The van der Waals surface area contributed by atoms with E-state index in [0.717, 1.165) is 0 Å². The Morgan fingerprint density at radius 3 is 2.39 bits per heavy atom. The Kier molecular flexibility index (Phi) is 7.54. The number of hydrogen-bond donors (Lipinski definition) is 0. The first kappa shape index (κ1) is 23.2. The lowest BCUT2D eigenvalue weighted by atomic mass is 9.90. The average molecular weight is 459 g/mol. The van der Waals surface area contributed by atoms with Crippen LogP contribution in [0.15, 0.2) is 48.5 Å². The molecule has 2 saturated heterocycles. The van der Waals surface area contributed by atoms with Crippen LogP contribution in [0.5, 0.6) is 5.75 Å². The summed E-state index contributed by atoms with van der Waals surface area (Å²) in [7, 11) is 0. The fourth-order valence-corrected chi connectivity index (χ4v) is 4.36. The second-order valence-electron chi connectivity index (χ2n) is 8.46. The number of rotatable bonds is 6. The summed E-state index contributed by atoms with van der Waals surface area (Å²) < 4.78 is 38.8. The normalized spacial score (nSPS) is 21.0. The van der Waals surface area contributed by atoms with Crippen LogP contribution in [0, 0.1) is 17.6 Å². The Bertz CT molecular complexity index is 963. The number of carbonyl (C=O) groups excluding carboxylic acids is 2. The zero-order chi connectivity index (χ0) is 23.2. The van der Waals surface area contributed by atoms with E-state index in [4.69, 9.17) is 9.47 Å². The summed E-state index contributed by atoms with van der Waals surface area (Å²) in [6.07, 6.45) is 0.440. The molecule has 0 saturated carbocycles. The molecule has 4 rings (SSSR count). The molecular weight excluding hydrogens is 430 g/mol. The number of likely N-dealkylation sites (tertiary alicyclic amines) is 1. The van der Waals surface area contributed by atoms with E-state index in [0.29, 0.717) is 57.1 Å². The lowest BCUT2D eigenvalue weighted by Crippen LogP contribution is -2.50. The molecule has 176 valence electrons. The number of nitrogens with zero attached hydrogens (tertiary/aromatic N) is 2. The average Bonchev–Trinajstić information content (AvgIpc) is 2.83. The summed E-state index contributed by atoms with van der Waals surface area (Å²) in [6, 6.07) is 12.0. The maximum Gasteiger partial charge on any atom is 0.227 e. The van der Waals surface area contributed by atoms with Crippen LogP contribution in [0.4, 0.5) is 8.78 Å². The van der Waals surface area contributed by atoms with Gasteiger partial charge in [0, 0.05) is 44.9 Å². The second kappa shape index (κ2) is 10.7. The number of piperidine rings is 1. The molecule has 2 aliphatic heterocycles. The fraction of sp³-hybridized carbons (Fsp3) is 0.440. The molecule has 0 N–H and O–H groups in total. The van der Waals surface area contributed by atoms with E-state index in [1.54, 1.807) is 40.1 Å². The Morgan fingerprint density at radius 2 is 1.67 bits per heavy atom. The van der Waals surface area contributed by atoms with Gasteiger partial charge >= 0.3 is 0 Å². The van der Waals surface area contributed by atoms with Crippen molar-refractivity contribution >= 4 is 11.8 Å². The summed E-state index contributed by atoms with van der Waals surface area (Å²) in [6.45, 7) is 2.91. The molecule has 8 heteroatoms. The van der Waals surface area contributed by atoms with Crippen molar-refractivity contribution in [1.29, 1.82) is 0 Å². The van der Waals surface area contributed by atoms with Crippen LogP contribution >= 0.6 is 0 Å². The van der Waals surface area contributed by atoms with Gasteiger partial charge in [-0.2, -0.15) is 0 Å². The Hall–Kier alpha value is -3.00. The highest BCUT2D eigenvalue weighted by Gasteiger charge is 2.35. The van der Waals surface area contributed by atoms with Crippen molar-refractivity contribution in [3.8, 4) is 5.75 Å². The zero-order valence-corrected chi connectivity index (χ0v) is 18.4. The molecular formula is C25H28F2N2O4. The predicted octanol–water partition coefficient (Wildman–Crippen LogP) is 3.05. The molecule has 2 atom stereocenters. The van der Waals surface area contributed by atoms with Crippen LogP contribution in [0.3, 0.4) is 0 Å². The molecule has 2 fully saturated rings. The molecule has 2 amide bonds. The Labute approximate surface area is 192 Å². The third-order valence-corrected chi connectivity index (χ3v) is 6.22. The van der Waals surface area contributed by atoms with Crippen LogP contribution in [-0.2, 0) is 20.7 Å². The summed E-state index contributed by atoms with van der Waals surface area (Å²) in [5, 5.41) is 0. The maximum atomic E-state index is 14.0. The van der Waals surface area contributed by atoms with E-state index in [1.807, 2.05) is 0 Å². The van der Waals surface area contributed by atoms with Crippen LogP contribution in [-0.4, -0.2) is 67.1 Å². The summed E-state index contributed by atoms with van der Waals surface area (Å²) in [5.74, 6) is -0.641. The first-order valence-corrected chi connectivity index (χ1v) is 11.3. The molecule has 6 nitrogen and oxygen atoms in total. The Balaban J connectivity index is 1.45. The van der Waals surface area contributed by atoms with E-state index >= 15 is 0 Å². The third-order valence-electron chi connectivity index (χ3n) is 6.22. The van der Waals surface area contributed by atoms with Gasteiger partial charge in [0.1, 0.15) is 23.5 Å². The predicted molar refractivity (Wildman–Crippen MR) is 118 cm³/mol. The lowest BCUT2D eigenvalue weighted by molar-refractivity contribution is -0.141. The largest absolute Gasteiger partial charge is 0.490 e. The van der Waals surface area contributed by atoms with Gasteiger partial charge in [-0.1, -0.05) is 18.2 Å². The van der Waals surface area contributed by atoms with Gasteiger partial charge in [-0.3, -0.25) is 9.59 Å². The van der Waals surface area contributed by atoms with Crippen molar-refractivity contribution in [2.45, 2.75) is 25.4 Å².